The first-order valence-electron chi connectivity index (χ1n) is 10.0. The van der Waals surface area contributed by atoms with Gasteiger partial charge in [-0.3, -0.25) is 9.59 Å². The van der Waals surface area contributed by atoms with Crippen molar-refractivity contribution in [3.8, 4) is 11.5 Å². The lowest BCUT2D eigenvalue weighted by molar-refractivity contribution is -0.130. The zero-order chi connectivity index (χ0) is 21.0. The molecule has 0 bridgehead atoms. The highest BCUT2D eigenvalue weighted by molar-refractivity contribution is 6.03. The summed E-state index contributed by atoms with van der Waals surface area (Å²) in [6, 6.07) is 12.0. The van der Waals surface area contributed by atoms with Crippen LogP contribution in [0.2, 0.25) is 0 Å². The van der Waals surface area contributed by atoms with Gasteiger partial charge in [-0.05, 0) is 49.4 Å². The smallest absolute Gasteiger partial charge is 0.222 e. The van der Waals surface area contributed by atoms with Crippen molar-refractivity contribution in [3.63, 3.8) is 0 Å². The Morgan fingerprint density at radius 1 is 1.10 bits per heavy atom. The van der Waals surface area contributed by atoms with E-state index in [4.69, 9.17) is 9.47 Å². The van der Waals surface area contributed by atoms with Crippen LogP contribution in [-0.2, 0) is 17.6 Å². The van der Waals surface area contributed by atoms with Crippen molar-refractivity contribution in [1.29, 1.82) is 0 Å². The molecular weight excluding hydrogens is 366 g/mol. The monoisotopic (exact) mass is 395 g/mol. The van der Waals surface area contributed by atoms with Crippen molar-refractivity contribution in [3.05, 3.63) is 58.7 Å². The molecule has 0 N–H and O–H groups in total. The predicted octanol–water partition coefficient (Wildman–Crippen LogP) is 3.85. The van der Waals surface area contributed by atoms with Crippen molar-refractivity contribution in [2.45, 2.75) is 32.6 Å². The van der Waals surface area contributed by atoms with E-state index in [1.807, 2.05) is 13.1 Å². The van der Waals surface area contributed by atoms with Crippen LogP contribution in [0.1, 0.15) is 39.9 Å². The Bertz CT molecular complexity index is 888. The molecule has 2 aromatic carbocycles. The molecule has 3 rings (SSSR count). The van der Waals surface area contributed by atoms with Gasteiger partial charge in [0.25, 0.3) is 0 Å². The van der Waals surface area contributed by atoms with Gasteiger partial charge in [0.15, 0.2) is 17.3 Å². The maximum atomic E-state index is 12.8. The fourth-order valence-electron chi connectivity index (χ4n) is 3.80. The number of hydrogen-bond donors (Lipinski definition) is 0. The molecular formula is C24H29NO4. The Morgan fingerprint density at radius 2 is 1.76 bits per heavy atom. The number of likely N-dealkylation sites (N-methyl/N-ethyl adjacent to an activating group) is 1. The van der Waals surface area contributed by atoms with Gasteiger partial charge < -0.3 is 14.4 Å². The maximum absolute atomic E-state index is 12.8. The summed E-state index contributed by atoms with van der Waals surface area (Å²) >= 11 is 0. The Morgan fingerprint density at radius 3 is 2.41 bits per heavy atom. The van der Waals surface area contributed by atoms with Crippen LogP contribution in [-0.4, -0.2) is 44.4 Å². The lowest BCUT2D eigenvalue weighted by atomic mass is 9.98. The second kappa shape index (κ2) is 9.12. The van der Waals surface area contributed by atoms with Crippen molar-refractivity contribution in [2.24, 2.45) is 5.92 Å². The highest BCUT2D eigenvalue weighted by Gasteiger charge is 2.32. The van der Waals surface area contributed by atoms with Crippen LogP contribution in [0.3, 0.4) is 0 Å². The Labute approximate surface area is 172 Å². The van der Waals surface area contributed by atoms with E-state index in [2.05, 4.69) is 31.2 Å². The van der Waals surface area contributed by atoms with Crippen molar-refractivity contribution in [1.82, 2.24) is 4.90 Å². The highest BCUT2D eigenvalue weighted by atomic mass is 16.5. The minimum absolute atomic E-state index is 0.0797. The fraction of sp³-hybridized carbons (Fsp3) is 0.417. The number of nitrogens with zero attached hydrogens (tertiary/aromatic N) is 1. The molecule has 0 fully saturated rings. The molecule has 0 spiro atoms. The number of benzene rings is 2. The van der Waals surface area contributed by atoms with Crippen molar-refractivity contribution >= 4 is 11.7 Å². The van der Waals surface area contributed by atoms with Gasteiger partial charge in [0.2, 0.25) is 5.91 Å². The van der Waals surface area contributed by atoms with Gasteiger partial charge in [-0.2, -0.15) is 0 Å². The number of amides is 1. The van der Waals surface area contributed by atoms with Gasteiger partial charge >= 0.3 is 0 Å². The summed E-state index contributed by atoms with van der Waals surface area (Å²) in [6.07, 6.45) is 2.42. The molecule has 0 aromatic heterocycles. The number of ketones is 1. The number of fused-ring (bicyclic) bond motifs is 1. The third-order valence-corrected chi connectivity index (χ3v) is 5.70. The van der Waals surface area contributed by atoms with Crippen LogP contribution in [0.4, 0.5) is 0 Å². The van der Waals surface area contributed by atoms with E-state index in [1.165, 1.54) is 11.1 Å². The molecule has 0 heterocycles. The number of rotatable bonds is 8. The van der Waals surface area contributed by atoms with Crippen LogP contribution in [0, 0.1) is 12.8 Å². The zero-order valence-electron chi connectivity index (χ0n) is 17.7. The normalized spacial score (nSPS) is 15.2. The quantitative estimate of drug-likeness (QED) is 0.681. The van der Waals surface area contributed by atoms with E-state index in [9.17, 15) is 9.59 Å². The summed E-state index contributed by atoms with van der Waals surface area (Å²) in [5, 5.41) is 0. The second-order valence-corrected chi connectivity index (χ2v) is 7.72. The fourth-order valence-corrected chi connectivity index (χ4v) is 3.80. The minimum atomic E-state index is -0.156. The standard InChI is InChI=1S/C24H29NO4/c1-16-5-7-17(8-6-16)11-12-25(2)23(26)10-9-18-13-19-14-21(28-3)22(29-4)15-20(19)24(18)27/h5-8,14-15,18H,9-13H2,1-4H3. The van der Waals surface area contributed by atoms with Gasteiger partial charge in [-0.1, -0.05) is 29.8 Å². The van der Waals surface area contributed by atoms with Crippen LogP contribution in [0.25, 0.3) is 0 Å². The molecule has 1 aliphatic carbocycles. The SMILES string of the molecule is COc1cc2c(cc1OC)C(=O)C(CCC(=O)N(C)CCc1ccc(C)cc1)C2. The number of carbonyl (C=O) groups is 2. The molecule has 5 heteroatoms. The van der Waals surface area contributed by atoms with Crippen molar-refractivity contribution < 1.29 is 19.1 Å². The highest BCUT2D eigenvalue weighted by Crippen LogP contribution is 2.37. The Hall–Kier alpha value is -2.82. The van der Waals surface area contributed by atoms with Crippen LogP contribution in [0.15, 0.2) is 36.4 Å². The number of aryl methyl sites for hydroxylation is 1. The van der Waals surface area contributed by atoms with E-state index in [1.54, 1.807) is 25.2 Å². The summed E-state index contributed by atoms with van der Waals surface area (Å²) in [4.78, 5) is 27.1. The van der Waals surface area contributed by atoms with E-state index in [0.29, 0.717) is 42.9 Å². The first kappa shape index (κ1) is 20.9. The molecule has 29 heavy (non-hydrogen) atoms. The van der Waals surface area contributed by atoms with Crippen molar-refractivity contribution in [2.75, 3.05) is 27.8 Å². The number of hydrogen-bond acceptors (Lipinski definition) is 4. The average molecular weight is 395 g/mol. The lowest BCUT2D eigenvalue weighted by Crippen LogP contribution is -2.29. The first-order chi connectivity index (χ1) is 13.9. The Kier molecular flexibility index (Phi) is 6.57. The van der Waals surface area contributed by atoms with E-state index in [-0.39, 0.29) is 17.6 Å². The summed E-state index contributed by atoms with van der Waals surface area (Å²) < 4.78 is 10.6. The third kappa shape index (κ3) is 4.78. The Balaban J connectivity index is 1.53. The van der Waals surface area contributed by atoms with Gasteiger partial charge in [-0.15, -0.1) is 0 Å². The first-order valence-corrected chi connectivity index (χ1v) is 10.0. The molecule has 5 nitrogen and oxygen atoms in total. The summed E-state index contributed by atoms with van der Waals surface area (Å²) in [5.74, 6) is 1.21. The number of ether oxygens (including phenoxy) is 2. The second-order valence-electron chi connectivity index (χ2n) is 7.72. The number of methoxy groups -OCH3 is 2. The molecule has 0 aliphatic heterocycles. The zero-order valence-corrected chi connectivity index (χ0v) is 17.7. The third-order valence-electron chi connectivity index (χ3n) is 5.70. The van der Waals surface area contributed by atoms with Gasteiger partial charge in [0, 0.05) is 31.5 Å². The van der Waals surface area contributed by atoms with E-state index in [0.717, 1.165) is 12.0 Å². The molecule has 2 aromatic rings. The van der Waals surface area contributed by atoms with Gasteiger partial charge in [0.1, 0.15) is 0 Å². The predicted molar refractivity (Wildman–Crippen MR) is 113 cm³/mol. The lowest BCUT2D eigenvalue weighted by Gasteiger charge is -2.18. The minimum Gasteiger partial charge on any atom is -0.493 e. The van der Waals surface area contributed by atoms with E-state index < -0.39 is 0 Å². The summed E-state index contributed by atoms with van der Waals surface area (Å²) in [5.41, 5.74) is 4.11. The molecule has 0 saturated carbocycles. The van der Waals surface area contributed by atoms with E-state index >= 15 is 0 Å². The number of Topliss-reactive ketones (excluding diaryl/α,β-unsaturated/α-hetero) is 1. The maximum Gasteiger partial charge on any atom is 0.222 e. The molecule has 154 valence electrons. The molecule has 1 amide bonds. The molecule has 1 atom stereocenters. The van der Waals surface area contributed by atoms with Crippen LogP contribution in [0.5, 0.6) is 11.5 Å². The topological polar surface area (TPSA) is 55.8 Å². The largest absolute Gasteiger partial charge is 0.493 e. The molecule has 1 unspecified atom stereocenters. The van der Waals surface area contributed by atoms with Gasteiger partial charge in [-0.25, -0.2) is 0 Å². The van der Waals surface area contributed by atoms with Gasteiger partial charge in [0.05, 0.1) is 14.2 Å². The molecule has 0 saturated heterocycles. The average Bonchev–Trinajstić information content (AvgIpc) is 3.04. The number of carbonyl (C=O) groups excluding carboxylic acids is 2. The van der Waals surface area contributed by atoms with Crippen LogP contribution < -0.4 is 9.47 Å². The molecule has 0 radical (unpaired) electrons. The summed E-state index contributed by atoms with van der Waals surface area (Å²) in [6.45, 7) is 2.74. The molecule has 1 aliphatic rings. The summed E-state index contributed by atoms with van der Waals surface area (Å²) in [7, 11) is 4.98. The van der Waals surface area contributed by atoms with Crippen LogP contribution >= 0.6 is 0 Å².